The van der Waals surface area contributed by atoms with Crippen LogP contribution >= 0.6 is 0 Å². The Morgan fingerprint density at radius 2 is 1.70 bits per heavy atom. The summed E-state index contributed by atoms with van der Waals surface area (Å²) in [6.07, 6.45) is 7.46. The first-order valence-corrected chi connectivity index (χ1v) is 7.79. The Morgan fingerprint density at radius 3 is 2.40 bits per heavy atom. The summed E-state index contributed by atoms with van der Waals surface area (Å²) in [5.41, 5.74) is 0. The van der Waals surface area contributed by atoms with Crippen LogP contribution in [0.3, 0.4) is 0 Å². The lowest BCUT2D eigenvalue weighted by molar-refractivity contribution is -0.140. The molecule has 2 fully saturated rings. The Labute approximate surface area is 121 Å². The van der Waals surface area contributed by atoms with Crippen molar-refractivity contribution in [2.75, 3.05) is 14.2 Å². The van der Waals surface area contributed by atoms with E-state index in [0.717, 1.165) is 19.3 Å². The average Bonchev–Trinajstić information content (AvgIpc) is 3.06. The number of carbonyl (C=O) groups is 2. The van der Waals surface area contributed by atoms with Crippen molar-refractivity contribution in [3.8, 4) is 0 Å². The monoisotopic (exact) mass is 282 g/mol. The van der Waals surface area contributed by atoms with Crippen molar-refractivity contribution in [3.05, 3.63) is 0 Å². The summed E-state index contributed by atoms with van der Waals surface area (Å²) < 4.78 is 10.2. The average molecular weight is 282 g/mol. The van der Waals surface area contributed by atoms with E-state index in [4.69, 9.17) is 4.74 Å². The lowest BCUT2D eigenvalue weighted by Crippen LogP contribution is -2.35. The molecule has 2 rings (SSSR count). The summed E-state index contributed by atoms with van der Waals surface area (Å²) in [5, 5.41) is 0. The Bertz CT molecular complexity index is 352. The molecule has 4 atom stereocenters. The minimum Gasteiger partial charge on any atom is -0.469 e. The minimum absolute atomic E-state index is 0.138. The van der Waals surface area contributed by atoms with Crippen molar-refractivity contribution in [1.82, 2.24) is 0 Å². The Hall–Kier alpha value is -0.900. The molecule has 0 aliphatic heterocycles. The van der Waals surface area contributed by atoms with E-state index in [2.05, 4.69) is 4.74 Å². The van der Waals surface area contributed by atoms with Crippen molar-refractivity contribution in [2.45, 2.75) is 57.5 Å². The maximum absolute atomic E-state index is 12.4. The van der Waals surface area contributed by atoms with Crippen LogP contribution in [-0.4, -0.2) is 32.1 Å². The SMILES string of the molecule is COC(=O)CCCCCC(=O)[C@@H]1[C@H]2CC[C@H](C2)[C@@H]1OC. The molecule has 2 saturated carbocycles. The van der Waals surface area contributed by atoms with Crippen LogP contribution in [0, 0.1) is 17.8 Å². The van der Waals surface area contributed by atoms with E-state index in [1.165, 1.54) is 26.4 Å². The van der Waals surface area contributed by atoms with Gasteiger partial charge in [-0.05, 0) is 43.9 Å². The zero-order chi connectivity index (χ0) is 14.5. The number of hydrogen-bond acceptors (Lipinski definition) is 4. The Balaban J connectivity index is 1.68. The van der Waals surface area contributed by atoms with Gasteiger partial charge in [0.15, 0.2) is 0 Å². The number of carbonyl (C=O) groups excluding carboxylic acids is 2. The summed E-state index contributed by atoms with van der Waals surface area (Å²) in [6, 6.07) is 0. The fourth-order valence-electron chi connectivity index (χ4n) is 4.04. The highest BCUT2D eigenvalue weighted by Crippen LogP contribution is 2.50. The molecule has 0 heterocycles. The molecule has 4 heteroatoms. The standard InChI is InChI=1S/C16H26O4/c1-19-14(18)7-5-3-4-6-13(17)15-11-8-9-12(10-11)16(15)20-2/h11-12,15-16H,3-10H2,1-2H3/t11-,12+,15-,16-/m0/s1. The molecule has 2 bridgehead atoms. The first kappa shape index (κ1) is 15.5. The molecule has 0 aromatic carbocycles. The summed E-state index contributed by atoms with van der Waals surface area (Å²) in [5.74, 6) is 1.52. The Morgan fingerprint density at radius 1 is 1.00 bits per heavy atom. The van der Waals surface area contributed by atoms with E-state index in [-0.39, 0.29) is 18.0 Å². The molecule has 114 valence electrons. The van der Waals surface area contributed by atoms with Crippen LogP contribution in [0.2, 0.25) is 0 Å². The molecule has 20 heavy (non-hydrogen) atoms. The fraction of sp³-hybridized carbons (Fsp3) is 0.875. The van der Waals surface area contributed by atoms with E-state index in [1.807, 2.05) is 0 Å². The van der Waals surface area contributed by atoms with Crippen LogP contribution in [0.1, 0.15) is 51.4 Å². The first-order valence-electron chi connectivity index (χ1n) is 7.79. The molecule has 2 aliphatic carbocycles. The highest BCUT2D eigenvalue weighted by Gasteiger charge is 2.50. The second-order valence-corrected chi connectivity index (χ2v) is 6.16. The first-order chi connectivity index (χ1) is 9.67. The van der Waals surface area contributed by atoms with E-state index in [0.29, 0.717) is 30.5 Å². The summed E-state index contributed by atoms with van der Waals surface area (Å²) in [6.45, 7) is 0. The molecular formula is C16H26O4. The number of unbranched alkanes of at least 4 members (excludes halogenated alkanes) is 2. The van der Waals surface area contributed by atoms with Crippen molar-refractivity contribution in [3.63, 3.8) is 0 Å². The van der Waals surface area contributed by atoms with Gasteiger partial charge >= 0.3 is 5.97 Å². The number of ketones is 1. The number of Topliss-reactive ketones (excluding diaryl/α,β-unsaturated/α-hetero) is 1. The lowest BCUT2D eigenvalue weighted by atomic mass is 9.82. The third-order valence-electron chi connectivity index (χ3n) is 5.02. The number of fused-ring (bicyclic) bond motifs is 2. The van der Waals surface area contributed by atoms with Gasteiger partial charge in [0.25, 0.3) is 0 Å². The van der Waals surface area contributed by atoms with Gasteiger partial charge in [-0.15, -0.1) is 0 Å². The maximum atomic E-state index is 12.4. The Kier molecular flexibility index (Phi) is 5.58. The zero-order valence-electron chi connectivity index (χ0n) is 12.6. The molecule has 0 aromatic rings. The highest BCUT2D eigenvalue weighted by molar-refractivity contribution is 5.82. The highest BCUT2D eigenvalue weighted by atomic mass is 16.5. The van der Waals surface area contributed by atoms with Crippen LogP contribution < -0.4 is 0 Å². The van der Waals surface area contributed by atoms with Crippen molar-refractivity contribution in [1.29, 1.82) is 0 Å². The van der Waals surface area contributed by atoms with Gasteiger partial charge in [-0.1, -0.05) is 6.42 Å². The normalized spacial score (nSPS) is 31.5. The van der Waals surface area contributed by atoms with E-state index >= 15 is 0 Å². The van der Waals surface area contributed by atoms with Gasteiger partial charge in [-0.2, -0.15) is 0 Å². The van der Waals surface area contributed by atoms with Gasteiger partial charge in [-0.25, -0.2) is 0 Å². The van der Waals surface area contributed by atoms with Crippen molar-refractivity contribution < 1.29 is 19.1 Å². The van der Waals surface area contributed by atoms with Crippen LogP contribution in [-0.2, 0) is 19.1 Å². The number of ether oxygens (including phenoxy) is 2. The summed E-state index contributed by atoms with van der Waals surface area (Å²) in [4.78, 5) is 23.4. The molecule has 2 aliphatic rings. The van der Waals surface area contributed by atoms with Crippen LogP contribution in [0.25, 0.3) is 0 Å². The molecule has 0 radical (unpaired) electrons. The minimum atomic E-state index is -0.163. The van der Waals surface area contributed by atoms with Crippen molar-refractivity contribution >= 4 is 11.8 Å². The lowest BCUT2D eigenvalue weighted by Gasteiger charge is -2.28. The second-order valence-electron chi connectivity index (χ2n) is 6.16. The third kappa shape index (κ3) is 3.40. The molecule has 0 unspecified atom stereocenters. The quantitative estimate of drug-likeness (QED) is 0.507. The van der Waals surface area contributed by atoms with Gasteiger partial charge < -0.3 is 9.47 Å². The largest absolute Gasteiger partial charge is 0.469 e. The van der Waals surface area contributed by atoms with Crippen LogP contribution in [0.5, 0.6) is 0 Å². The van der Waals surface area contributed by atoms with Gasteiger partial charge in [0.05, 0.1) is 13.2 Å². The number of esters is 1. The van der Waals surface area contributed by atoms with Crippen molar-refractivity contribution in [2.24, 2.45) is 17.8 Å². The predicted molar refractivity (Wildman–Crippen MR) is 75.2 cm³/mol. The van der Waals surface area contributed by atoms with Gasteiger partial charge in [0.2, 0.25) is 0 Å². The topological polar surface area (TPSA) is 52.6 Å². The molecule has 0 amide bonds. The smallest absolute Gasteiger partial charge is 0.305 e. The van der Waals surface area contributed by atoms with Gasteiger partial charge in [-0.3, -0.25) is 9.59 Å². The van der Waals surface area contributed by atoms with Crippen LogP contribution in [0.15, 0.2) is 0 Å². The maximum Gasteiger partial charge on any atom is 0.305 e. The number of methoxy groups -OCH3 is 2. The molecule has 0 saturated heterocycles. The number of rotatable bonds is 8. The number of hydrogen-bond donors (Lipinski definition) is 0. The predicted octanol–water partition coefficient (Wildman–Crippen LogP) is 2.74. The summed E-state index contributed by atoms with van der Waals surface area (Å²) >= 11 is 0. The summed E-state index contributed by atoms with van der Waals surface area (Å²) in [7, 11) is 3.15. The van der Waals surface area contributed by atoms with E-state index in [1.54, 1.807) is 7.11 Å². The molecular weight excluding hydrogens is 256 g/mol. The fourth-order valence-corrected chi connectivity index (χ4v) is 4.04. The van der Waals surface area contributed by atoms with E-state index < -0.39 is 0 Å². The molecule has 0 aromatic heterocycles. The third-order valence-corrected chi connectivity index (χ3v) is 5.02. The molecule has 4 nitrogen and oxygen atoms in total. The van der Waals surface area contributed by atoms with Gasteiger partial charge in [0, 0.05) is 25.9 Å². The van der Waals surface area contributed by atoms with Crippen LogP contribution in [0.4, 0.5) is 0 Å². The zero-order valence-corrected chi connectivity index (χ0v) is 12.6. The van der Waals surface area contributed by atoms with Gasteiger partial charge in [0.1, 0.15) is 5.78 Å². The molecule has 0 N–H and O–H groups in total. The van der Waals surface area contributed by atoms with E-state index in [9.17, 15) is 9.59 Å². The second kappa shape index (κ2) is 7.21. The molecule has 0 spiro atoms.